The average Bonchev–Trinajstić information content (AvgIpc) is 3.07. The van der Waals surface area contributed by atoms with Crippen molar-refractivity contribution in [2.75, 3.05) is 0 Å². The van der Waals surface area contributed by atoms with Gasteiger partial charge in [0.1, 0.15) is 5.75 Å². The van der Waals surface area contributed by atoms with Gasteiger partial charge in [0.2, 0.25) is 0 Å². The van der Waals surface area contributed by atoms with Gasteiger partial charge in [-0.15, -0.1) is 0 Å². The first-order valence-corrected chi connectivity index (χ1v) is 9.11. The number of halogens is 5. The molecule has 0 N–H and O–H groups in total. The largest absolute Gasteiger partial charge is 0.482 e. The Labute approximate surface area is 165 Å². The maximum absolute atomic E-state index is 12.5. The molecule has 0 unspecified atom stereocenters. The molecule has 0 saturated heterocycles. The third-order valence-electron chi connectivity index (χ3n) is 3.17. The van der Waals surface area contributed by atoms with Crippen LogP contribution in [0, 0.1) is 0 Å². The molecular formula is C16H10Cl2F3N3O2S. The fraction of sp³-hybridized carbons (Fsp3) is 0.188. The first-order valence-electron chi connectivity index (χ1n) is 7.36. The number of thioether (sulfide) groups is 1. The molecule has 0 spiro atoms. The van der Waals surface area contributed by atoms with Gasteiger partial charge < -0.3 is 9.26 Å². The van der Waals surface area contributed by atoms with Crippen LogP contribution in [0.4, 0.5) is 13.2 Å². The zero-order valence-electron chi connectivity index (χ0n) is 13.3. The van der Waals surface area contributed by atoms with E-state index >= 15 is 0 Å². The predicted octanol–water partition coefficient (Wildman–Crippen LogP) is 5.66. The highest BCUT2D eigenvalue weighted by atomic mass is 35.5. The molecular weight excluding hydrogens is 426 g/mol. The van der Waals surface area contributed by atoms with Crippen LogP contribution in [0.3, 0.4) is 0 Å². The van der Waals surface area contributed by atoms with Crippen molar-refractivity contribution in [1.82, 2.24) is 15.1 Å². The Morgan fingerprint density at radius 3 is 2.63 bits per heavy atom. The first kappa shape index (κ1) is 19.8. The van der Waals surface area contributed by atoms with E-state index in [1.165, 1.54) is 17.8 Å². The molecule has 0 aliphatic carbocycles. The van der Waals surface area contributed by atoms with Crippen molar-refractivity contribution < 1.29 is 22.4 Å². The molecule has 0 amide bonds. The molecule has 0 bridgehead atoms. The number of benzene rings is 1. The molecule has 0 aliphatic heterocycles. The van der Waals surface area contributed by atoms with Crippen LogP contribution in [0.1, 0.15) is 17.3 Å². The van der Waals surface area contributed by atoms with Gasteiger partial charge in [-0.25, -0.2) is 4.98 Å². The van der Waals surface area contributed by atoms with E-state index in [1.807, 2.05) is 0 Å². The van der Waals surface area contributed by atoms with E-state index in [-0.39, 0.29) is 18.3 Å². The van der Waals surface area contributed by atoms with Gasteiger partial charge in [-0.2, -0.15) is 18.2 Å². The van der Waals surface area contributed by atoms with Crippen LogP contribution in [0.25, 0.3) is 0 Å². The zero-order valence-corrected chi connectivity index (χ0v) is 15.7. The summed E-state index contributed by atoms with van der Waals surface area (Å²) in [6.45, 7) is 0.0115. The third-order valence-corrected chi connectivity index (χ3v) is 4.64. The van der Waals surface area contributed by atoms with Crippen molar-refractivity contribution in [3.8, 4) is 5.75 Å². The van der Waals surface area contributed by atoms with Gasteiger partial charge in [0.25, 0.3) is 5.89 Å². The van der Waals surface area contributed by atoms with E-state index < -0.39 is 11.7 Å². The summed E-state index contributed by atoms with van der Waals surface area (Å²) in [4.78, 5) is 7.91. The van der Waals surface area contributed by atoms with Crippen molar-refractivity contribution in [2.24, 2.45) is 0 Å². The Balaban J connectivity index is 1.53. The van der Waals surface area contributed by atoms with Gasteiger partial charge in [0, 0.05) is 11.2 Å². The summed E-state index contributed by atoms with van der Waals surface area (Å²) in [6, 6.07) is 7.07. The molecule has 0 fully saturated rings. The summed E-state index contributed by atoms with van der Waals surface area (Å²) in [6.07, 6.45) is -3.63. The normalized spacial score (nSPS) is 11.6. The van der Waals surface area contributed by atoms with Crippen LogP contribution in [-0.2, 0) is 18.5 Å². The van der Waals surface area contributed by atoms with Crippen LogP contribution >= 0.6 is 35.0 Å². The van der Waals surface area contributed by atoms with E-state index in [4.69, 9.17) is 32.5 Å². The Morgan fingerprint density at radius 1 is 1.15 bits per heavy atom. The van der Waals surface area contributed by atoms with Crippen LogP contribution < -0.4 is 4.74 Å². The topological polar surface area (TPSA) is 61.0 Å². The first-order chi connectivity index (χ1) is 12.8. The highest BCUT2D eigenvalue weighted by Crippen LogP contribution is 2.30. The zero-order chi connectivity index (χ0) is 19.4. The molecule has 0 radical (unpaired) electrons. The van der Waals surface area contributed by atoms with Crippen LogP contribution in [0.5, 0.6) is 5.75 Å². The fourth-order valence-electron chi connectivity index (χ4n) is 1.91. The number of hydrogen-bond donors (Lipinski definition) is 0. The second-order valence-corrected chi connectivity index (χ2v) is 6.98. The molecule has 3 aromatic rings. The smallest absolute Gasteiger partial charge is 0.417 e. The minimum absolute atomic E-state index is 0.0115. The van der Waals surface area contributed by atoms with Crippen molar-refractivity contribution in [2.45, 2.75) is 23.6 Å². The van der Waals surface area contributed by atoms with Crippen molar-refractivity contribution in [3.63, 3.8) is 0 Å². The van der Waals surface area contributed by atoms with Crippen molar-refractivity contribution >= 4 is 35.0 Å². The molecule has 142 valence electrons. The Hall–Kier alpha value is -1.97. The van der Waals surface area contributed by atoms with Gasteiger partial charge in [-0.1, -0.05) is 40.1 Å². The molecule has 0 aliphatic rings. The Morgan fingerprint density at radius 2 is 1.96 bits per heavy atom. The maximum atomic E-state index is 12.5. The summed E-state index contributed by atoms with van der Waals surface area (Å²) >= 11 is 13.0. The quantitative estimate of drug-likeness (QED) is 0.465. The fourth-order valence-corrected chi connectivity index (χ4v) is 3.06. The summed E-state index contributed by atoms with van der Waals surface area (Å²) in [5, 5.41) is 5.04. The van der Waals surface area contributed by atoms with Crippen LogP contribution in [0.2, 0.25) is 10.0 Å². The van der Waals surface area contributed by atoms with Gasteiger partial charge in [-0.3, -0.25) is 0 Å². The lowest BCUT2D eigenvalue weighted by Gasteiger charge is -2.06. The molecule has 1 aromatic carbocycles. The lowest BCUT2D eigenvalue weighted by Crippen LogP contribution is -2.05. The number of ether oxygens (including phenoxy) is 1. The number of nitrogens with zero attached hydrogens (tertiary/aromatic N) is 3. The highest BCUT2D eigenvalue weighted by molar-refractivity contribution is 7.98. The van der Waals surface area contributed by atoms with Gasteiger partial charge in [0.15, 0.2) is 12.4 Å². The lowest BCUT2D eigenvalue weighted by molar-refractivity contribution is -0.137. The standard InChI is InChI=1S/C16H10Cl2F3N3O2S/c17-10-2-3-12(11(18)5-10)25-7-14-23-13(24-26-14)8-27-15-4-1-9(6-22-15)16(19,20)21/h1-6H,7-8H2. The second-order valence-electron chi connectivity index (χ2n) is 5.14. The summed E-state index contributed by atoms with van der Waals surface area (Å²) < 4.78 is 48.1. The molecule has 3 rings (SSSR count). The average molecular weight is 436 g/mol. The molecule has 0 atom stereocenters. The van der Waals surface area contributed by atoms with Crippen molar-refractivity contribution in [3.05, 3.63) is 63.9 Å². The maximum Gasteiger partial charge on any atom is 0.417 e. The third kappa shape index (κ3) is 5.50. The molecule has 2 aromatic heterocycles. The van der Waals surface area contributed by atoms with Crippen molar-refractivity contribution in [1.29, 1.82) is 0 Å². The number of pyridine rings is 1. The lowest BCUT2D eigenvalue weighted by atomic mass is 10.3. The highest BCUT2D eigenvalue weighted by Gasteiger charge is 2.30. The van der Waals surface area contributed by atoms with Crippen LogP contribution in [0.15, 0.2) is 46.1 Å². The van der Waals surface area contributed by atoms with E-state index in [9.17, 15) is 13.2 Å². The summed E-state index contributed by atoms with van der Waals surface area (Å²) in [5.74, 6) is 1.30. The predicted molar refractivity (Wildman–Crippen MR) is 93.9 cm³/mol. The van der Waals surface area contributed by atoms with Gasteiger partial charge in [0.05, 0.1) is 21.4 Å². The van der Waals surface area contributed by atoms with Gasteiger partial charge >= 0.3 is 6.18 Å². The number of hydrogen-bond acceptors (Lipinski definition) is 6. The number of aromatic nitrogens is 3. The van der Waals surface area contributed by atoms with E-state index in [1.54, 1.807) is 18.2 Å². The number of alkyl halides is 3. The summed E-state index contributed by atoms with van der Waals surface area (Å²) in [7, 11) is 0. The summed E-state index contributed by atoms with van der Waals surface area (Å²) in [5.41, 5.74) is -0.799. The molecule has 27 heavy (non-hydrogen) atoms. The minimum atomic E-state index is -4.41. The van der Waals surface area contributed by atoms with Gasteiger partial charge in [-0.05, 0) is 30.3 Å². The molecule has 0 saturated carbocycles. The molecule has 5 nitrogen and oxygen atoms in total. The SMILES string of the molecule is FC(F)(F)c1ccc(SCc2noc(COc3ccc(Cl)cc3Cl)n2)nc1. The van der Waals surface area contributed by atoms with Crippen LogP contribution in [-0.4, -0.2) is 15.1 Å². The monoisotopic (exact) mass is 435 g/mol. The van der Waals surface area contributed by atoms with E-state index in [0.717, 1.165) is 12.3 Å². The Bertz CT molecular complexity index is 920. The molecule has 11 heteroatoms. The molecule has 2 heterocycles. The van der Waals surface area contributed by atoms with E-state index in [0.29, 0.717) is 26.6 Å². The Kier molecular flexibility index (Phi) is 6.13. The second kappa shape index (κ2) is 8.37. The number of rotatable bonds is 6. The minimum Gasteiger partial charge on any atom is -0.482 e. The van der Waals surface area contributed by atoms with E-state index in [2.05, 4.69) is 15.1 Å².